The number of hydrogen-bond acceptors (Lipinski definition) is 3. The van der Waals surface area contributed by atoms with Crippen LogP contribution < -0.4 is 10.5 Å². The summed E-state index contributed by atoms with van der Waals surface area (Å²) in [6.07, 6.45) is 3.41. The Morgan fingerprint density at radius 2 is 2.15 bits per heavy atom. The number of aromatic nitrogens is 2. The molecule has 1 aromatic heterocycles. The molecule has 108 valence electrons. The van der Waals surface area contributed by atoms with Gasteiger partial charge in [-0.3, -0.25) is 4.68 Å². The second-order valence-corrected chi connectivity index (χ2v) is 4.63. The average molecular weight is 281 g/mol. The highest BCUT2D eigenvalue weighted by atomic mass is 19.1. The summed E-state index contributed by atoms with van der Waals surface area (Å²) >= 11 is 0. The zero-order chi connectivity index (χ0) is 14.7. The van der Waals surface area contributed by atoms with Crippen LogP contribution in [0.4, 0.5) is 8.78 Å². The van der Waals surface area contributed by atoms with Gasteiger partial charge in [-0.1, -0.05) is 6.92 Å². The van der Waals surface area contributed by atoms with Crippen LogP contribution in [0.3, 0.4) is 0 Å². The van der Waals surface area contributed by atoms with E-state index in [2.05, 4.69) is 5.10 Å². The largest absolute Gasteiger partial charge is 0.481 e. The molecule has 20 heavy (non-hydrogen) atoms. The molecule has 0 aliphatic carbocycles. The summed E-state index contributed by atoms with van der Waals surface area (Å²) in [5.74, 6) is -1.33. The zero-order valence-electron chi connectivity index (χ0n) is 11.4. The minimum absolute atomic E-state index is 0.150. The van der Waals surface area contributed by atoms with Gasteiger partial charge in [0.2, 0.25) is 0 Å². The molecule has 1 aromatic carbocycles. The summed E-state index contributed by atoms with van der Waals surface area (Å²) < 4.78 is 34.0. The van der Waals surface area contributed by atoms with Crippen LogP contribution in [-0.4, -0.2) is 15.8 Å². The van der Waals surface area contributed by atoms with Crippen molar-refractivity contribution in [1.29, 1.82) is 0 Å². The van der Waals surface area contributed by atoms with Crippen LogP contribution in [0.2, 0.25) is 0 Å². The zero-order valence-corrected chi connectivity index (χ0v) is 11.4. The van der Waals surface area contributed by atoms with Crippen molar-refractivity contribution in [2.45, 2.75) is 25.5 Å². The third kappa shape index (κ3) is 3.14. The highest BCUT2D eigenvalue weighted by molar-refractivity contribution is 5.26. The lowest BCUT2D eigenvalue weighted by molar-refractivity contribution is 0.163. The van der Waals surface area contributed by atoms with Crippen molar-refractivity contribution in [3.8, 4) is 5.75 Å². The van der Waals surface area contributed by atoms with Crippen LogP contribution in [0, 0.1) is 11.6 Å². The molecule has 0 amide bonds. The van der Waals surface area contributed by atoms with Gasteiger partial charge in [0.05, 0.1) is 6.20 Å². The van der Waals surface area contributed by atoms with Gasteiger partial charge in [0, 0.05) is 30.9 Å². The van der Waals surface area contributed by atoms with Gasteiger partial charge in [-0.05, 0) is 18.6 Å². The third-order valence-corrected chi connectivity index (χ3v) is 3.06. The van der Waals surface area contributed by atoms with E-state index in [1.54, 1.807) is 24.1 Å². The fourth-order valence-electron chi connectivity index (χ4n) is 1.91. The highest BCUT2D eigenvalue weighted by Gasteiger charge is 2.23. The normalized spacial score (nSPS) is 14.1. The average Bonchev–Trinajstić information content (AvgIpc) is 2.85. The van der Waals surface area contributed by atoms with E-state index >= 15 is 0 Å². The summed E-state index contributed by atoms with van der Waals surface area (Å²) in [6, 6.07) is 2.74. The van der Waals surface area contributed by atoms with Crippen LogP contribution in [0.25, 0.3) is 0 Å². The Morgan fingerprint density at radius 1 is 1.40 bits per heavy atom. The smallest absolute Gasteiger partial charge is 0.165 e. The van der Waals surface area contributed by atoms with Gasteiger partial charge in [-0.15, -0.1) is 0 Å². The Morgan fingerprint density at radius 3 is 2.75 bits per heavy atom. The topological polar surface area (TPSA) is 53.1 Å². The molecule has 2 atom stereocenters. The molecule has 2 rings (SSSR count). The van der Waals surface area contributed by atoms with E-state index in [-0.39, 0.29) is 11.8 Å². The second kappa shape index (κ2) is 6.00. The Hall–Kier alpha value is -1.95. The van der Waals surface area contributed by atoms with E-state index in [1.807, 2.05) is 6.92 Å². The van der Waals surface area contributed by atoms with Crippen molar-refractivity contribution in [1.82, 2.24) is 9.78 Å². The lowest BCUT2D eigenvalue weighted by atomic mass is 10.0. The molecule has 0 aliphatic rings. The van der Waals surface area contributed by atoms with E-state index < -0.39 is 17.7 Å². The summed E-state index contributed by atoms with van der Waals surface area (Å²) in [4.78, 5) is 0. The monoisotopic (exact) mass is 281 g/mol. The lowest BCUT2D eigenvalue weighted by Crippen LogP contribution is -2.31. The molecular formula is C14H17F2N3O. The predicted molar refractivity (Wildman–Crippen MR) is 71.2 cm³/mol. The minimum atomic E-state index is -0.622. The quantitative estimate of drug-likeness (QED) is 0.916. The van der Waals surface area contributed by atoms with E-state index in [1.165, 1.54) is 0 Å². The van der Waals surface area contributed by atoms with E-state index in [4.69, 9.17) is 10.5 Å². The van der Waals surface area contributed by atoms with Gasteiger partial charge in [0.1, 0.15) is 11.9 Å². The van der Waals surface area contributed by atoms with Crippen LogP contribution in [0.1, 0.15) is 25.0 Å². The van der Waals surface area contributed by atoms with Crippen LogP contribution in [0.15, 0.2) is 30.6 Å². The number of ether oxygens (including phenoxy) is 1. The lowest BCUT2D eigenvalue weighted by Gasteiger charge is -2.23. The Labute approximate surface area is 116 Å². The van der Waals surface area contributed by atoms with E-state index in [9.17, 15) is 8.78 Å². The summed E-state index contributed by atoms with van der Waals surface area (Å²) in [5.41, 5.74) is 6.74. The molecular weight excluding hydrogens is 264 g/mol. The van der Waals surface area contributed by atoms with Crippen molar-refractivity contribution < 1.29 is 13.5 Å². The third-order valence-electron chi connectivity index (χ3n) is 3.06. The SMILES string of the molecule is CCC(N)C(Oc1cc(F)ccc1F)c1cnn(C)c1. The van der Waals surface area contributed by atoms with Gasteiger partial charge in [0.15, 0.2) is 11.6 Å². The van der Waals surface area contributed by atoms with Crippen molar-refractivity contribution in [2.24, 2.45) is 12.8 Å². The van der Waals surface area contributed by atoms with Crippen molar-refractivity contribution in [2.75, 3.05) is 0 Å². The maximum Gasteiger partial charge on any atom is 0.165 e. The molecule has 6 heteroatoms. The van der Waals surface area contributed by atoms with E-state index in [0.717, 1.165) is 23.8 Å². The molecule has 4 nitrogen and oxygen atoms in total. The van der Waals surface area contributed by atoms with Crippen LogP contribution in [0.5, 0.6) is 5.75 Å². The summed E-state index contributed by atoms with van der Waals surface area (Å²) in [6.45, 7) is 1.90. The predicted octanol–water partition coefficient (Wildman–Crippen LogP) is 2.56. The fourth-order valence-corrected chi connectivity index (χ4v) is 1.91. The first-order valence-corrected chi connectivity index (χ1v) is 6.37. The van der Waals surface area contributed by atoms with Crippen molar-refractivity contribution in [3.63, 3.8) is 0 Å². The molecule has 2 aromatic rings. The fraction of sp³-hybridized carbons (Fsp3) is 0.357. The van der Waals surface area contributed by atoms with Gasteiger partial charge in [0.25, 0.3) is 0 Å². The Balaban J connectivity index is 2.30. The molecule has 2 unspecified atom stereocenters. The van der Waals surface area contributed by atoms with Crippen LogP contribution in [-0.2, 0) is 7.05 Å². The first kappa shape index (κ1) is 14.5. The molecule has 0 radical (unpaired) electrons. The number of nitrogens with zero attached hydrogens (tertiary/aromatic N) is 2. The minimum Gasteiger partial charge on any atom is -0.481 e. The molecule has 0 spiro atoms. The molecule has 1 heterocycles. The van der Waals surface area contributed by atoms with Gasteiger partial charge in [-0.2, -0.15) is 5.10 Å². The maximum atomic E-state index is 13.7. The highest BCUT2D eigenvalue weighted by Crippen LogP contribution is 2.27. The van der Waals surface area contributed by atoms with Gasteiger partial charge >= 0.3 is 0 Å². The number of hydrogen-bond donors (Lipinski definition) is 1. The number of nitrogens with two attached hydrogens (primary N) is 1. The Kier molecular flexibility index (Phi) is 4.34. The molecule has 0 saturated carbocycles. The molecule has 0 aliphatic heterocycles. The summed E-state index contributed by atoms with van der Waals surface area (Å²) in [7, 11) is 1.76. The van der Waals surface area contributed by atoms with Crippen molar-refractivity contribution in [3.05, 3.63) is 47.8 Å². The standard InChI is InChI=1S/C14H17F2N3O/c1-3-12(17)14(9-7-18-19(2)8-9)20-13-6-10(15)4-5-11(13)16/h4-8,12,14H,3,17H2,1-2H3. The number of halogens is 2. The molecule has 2 N–H and O–H groups in total. The number of aryl methyl sites for hydroxylation is 1. The first-order chi connectivity index (χ1) is 9.51. The Bertz CT molecular complexity index is 586. The maximum absolute atomic E-state index is 13.7. The molecule has 0 saturated heterocycles. The second-order valence-electron chi connectivity index (χ2n) is 4.63. The van der Waals surface area contributed by atoms with Gasteiger partial charge in [-0.25, -0.2) is 8.78 Å². The van der Waals surface area contributed by atoms with Crippen LogP contribution >= 0.6 is 0 Å². The number of benzene rings is 1. The van der Waals surface area contributed by atoms with E-state index in [0.29, 0.717) is 6.42 Å². The van der Waals surface area contributed by atoms with Gasteiger partial charge < -0.3 is 10.5 Å². The van der Waals surface area contributed by atoms with Crippen molar-refractivity contribution >= 4 is 0 Å². The first-order valence-electron chi connectivity index (χ1n) is 6.37. The summed E-state index contributed by atoms with van der Waals surface area (Å²) in [5, 5.41) is 4.05. The molecule has 0 fully saturated rings. The number of rotatable bonds is 5. The molecule has 0 bridgehead atoms.